The molecule has 1 aromatic rings. The van der Waals surface area contributed by atoms with Gasteiger partial charge in [-0.15, -0.1) is 0 Å². The maximum Gasteiger partial charge on any atom is 0.226 e. The van der Waals surface area contributed by atoms with Crippen molar-refractivity contribution in [2.45, 2.75) is 51.1 Å². The van der Waals surface area contributed by atoms with Gasteiger partial charge in [0, 0.05) is 37.2 Å². The summed E-state index contributed by atoms with van der Waals surface area (Å²) in [7, 11) is 0. The second kappa shape index (κ2) is 7.88. The smallest absolute Gasteiger partial charge is 0.226 e. The summed E-state index contributed by atoms with van der Waals surface area (Å²) in [5, 5.41) is 13.0. The lowest BCUT2D eigenvalue weighted by Crippen LogP contribution is -2.44. The lowest BCUT2D eigenvalue weighted by Gasteiger charge is -2.34. The Kier molecular flexibility index (Phi) is 5.36. The van der Waals surface area contributed by atoms with Gasteiger partial charge in [0.2, 0.25) is 5.91 Å². The number of anilines is 1. The highest BCUT2D eigenvalue weighted by Crippen LogP contribution is 2.33. The zero-order chi connectivity index (χ0) is 17.9. The molecule has 7 nitrogen and oxygen atoms in total. The summed E-state index contributed by atoms with van der Waals surface area (Å²) in [6.07, 6.45) is 8.02. The lowest BCUT2D eigenvalue weighted by molar-refractivity contribution is -0.133. The third-order valence-corrected chi connectivity index (χ3v) is 5.90. The molecule has 0 bridgehead atoms. The summed E-state index contributed by atoms with van der Waals surface area (Å²) < 4.78 is 0. The van der Waals surface area contributed by atoms with Crippen molar-refractivity contribution in [2.24, 2.45) is 5.92 Å². The van der Waals surface area contributed by atoms with E-state index in [-0.39, 0.29) is 12.5 Å². The van der Waals surface area contributed by atoms with Crippen LogP contribution in [-0.4, -0.2) is 69.6 Å². The van der Waals surface area contributed by atoms with E-state index in [0.717, 1.165) is 68.9 Å². The van der Waals surface area contributed by atoms with Crippen LogP contribution >= 0.6 is 0 Å². The normalized spacial score (nSPS) is 23.6. The van der Waals surface area contributed by atoms with Crippen molar-refractivity contribution in [1.82, 2.24) is 19.8 Å². The molecule has 3 aliphatic rings. The first-order valence-corrected chi connectivity index (χ1v) is 9.96. The number of rotatable bonds is 6. The zero-order valence-electron chi connectivity index (χ0n) is 15.4. The van der Waals surface area contributed by atoms with E-state index in [1.807, 2.05) is 4.90 Å². The van der Waals surface area contributed by atoms with Gasteiger partial charge >= 0.3 is 0 Å². The Labute approximate surface area is 154 Å². The topological polar surface area (TPSA) is 81.6 Å². The van der Waals surface area contributed by atoms with Crippen molar-refractivity contribution in [3.8, 4) is 0 Å². The van der Waals surface area contributed by atoms with E-state index in [1.54, 1.807) is 6.33 Å². The van der Waals surface area contributed by atoms with Crippen LogP contribution in [0.25, 0.3) is 0 Å². The fourth-order valence-corrected chi connectivity index (χ4v) is 4.16. The molecule has 0 aromatic carbocycles. The van der Waals surface area contributed by atoms with Gasteiger partial charge in [0.15, 0.2) is 0 Å². The fourth-order valence-electron chi connectivity index (χ4n) is 4.16. The van der Waals surface area contributed by atoms with Crippen molar-refractivity contribution < 1.29 is 9.90 Å². The van der Waals surface area contributed by atoms with E-state index < -0.39 is 0 Å². The predicted molar refractivity (Wildman–Crippen MR) is 98.7 cm³/mol. The second-order valence-corrected chi connectivity index (χ2v) is 7.73. The molecule has 0 spiro atoms. The first kappa shape index (κ1) is 17.7. The van der Waals surface area contributed by atoms with Crippen LogP contribution in [0, 0.1) is 5.92 Å². The number of hydrogen-bond acceptors (Lipinski definition) is 6. The minimum atomic E-state index is 0.244. The molecule has 1 unspecified atom stereocenters. The third-order valence-electron chi connectivity index (χ3n) is 5.90. The first-order valence-electron chi connectivity index (χ1n) is 9.96. The molecule has 1 aliphatic carbocycles. The quantitative estimate of drug-likeness (QED) is 0.790. The molecule has 1 amide bonds. The van der Waals surface area contributed by atoms with E-state index in [2.05, 4.69) is 20.2 Å². The van der Waals surface area contributed by atoms with Crippen molar-refractivity contribution in [2.75, 3.05) is 38.1 Å². The van der Waals surface area contributed by atoms with Gasteiger partial charge in [-0.2, -0.15) is 0 Å². The number of hydrogen-bond donors (Lipinski definition) is 2. The van der Waals surface area contributed by atoms with Crippen molar-refractivity contribution in [3.63, 3.8) is 0 Å². The molecular formula is C19H29N5O2. The van der Waals surface area contributed by atoms with Gasteiger partial charge in [0.25, 0.3) is 0 Å². The number of aliphatic hydroxyl groups is 1. The Morgan fingerprint density at radius 3 is 2.92 bits per heavy atom. The summed E-state index contributed by atoms with van der Waals surface area (Å²) >= 11 is 0. The molecule has 2 aliphatic heterocycles. The molecule has 1 aromatic heterocycles. The Balaban J connectivity index is 1.35. The van der Waals surface area contributed by atoms with E-state index in [9.17, 15) is 9.90 Å². The molecule has 1 atom stereocenters. The summed E-state index contributed by atoms with van der Waals surface area (Å²) in [5.41, 5.74) is 2.14. The summed E-state index contributed by atoms with van der Waals surface area (Å²) in [5.74, 6) is 1.47. The zero-order valence-corrected chi connectivity index (χ0v) is 15.4. The van der Waals surface area contributed by atoms with E-state index in [1.165, 1.54) is 12.8 Å². The predicted octanol–water partition coefficient (Wildman–Crippen LogP) is 1.03. The average Bonchev–Trinajstić information content (AvgIpc) is 3.53. The maximum atomic E-state index is 12.3. The molecule has 2 N–H and O–H groups in total. The molecule has 2 fully saturated rings. The monoisotopic (exact) mass is 359 g/mol. The van der Waals surface area contributed by atoms with Gasteiger partial charge in [-0.25, -0.2) is 9.97 Å². The number of carbonyl (C=O) groups is 1. The van der Waals surface area contributed by atoms with Crippen LogP contribution < -0.4 is 5.32 Å². The van der Waals surface area contributed by atoms with Gasteiger partial charge in [-0.05, 0) is 38.6 Å². The van der Waals surface area contributed by atoms with Crippen LogP contribution in [0.5, 0.6) is 0 Å². The van der Waals surface area contributed by atoms with Gasteiger partial charge in [-0.3, -0.25) is 9.69 Å². The maximum absolute atomic E-state index is 12.3. The van der Waals surface area contributed by atoms with Crippen molar-refractivity contribution in [1.29, 1.82) is 0 Å². The number of carbonyl (C=O) groups excluding carboxylic acids is 1. The Bertz CT molecular complexity index is 649. The SMILES string of the molecule is O=C(C1CC1)N1CCc2c(ncnc2NCCN2CCCCC2CO)C1. The highest BCUT2D eigenvalue weighted by atomic mass is 16.3. The van der Waals surface area contributed by atoms with E-state index >= 15 is 0 Å². The number of aliphatic hydroxyl groups excluding tert-OH is 1. The molecule has 7 heteroatoms. The highest BCUT2D eigenvalue weighted by Gasteiger charge is 2.35. The van der Waals surface area contributed by atoms with Crippen LogP contribution in [0.3, 0.4) is 0 Å². The first-order chi connectivity index (χ1) is 12.8. The minimum Gasteiger partial charge on any atom is -0.395 e. The Morgan fingerprint density at radius 1 is 1.23 bits per heavy atom. The van der Waals surface area contributed by atoms with Gasteiger partial charge < -0.3 is 15.3 Å². The second-order valence-electron chi connectivity index (χ2n) is 7.73. The van der Waals surface area contributed by atoms with Crippen LogP contribution in [-0.2, 0) is 17.8 Å². The molecule has 4 rings (SSSR count). The number of fused-ring (bicyclic) bond motifs is 1. The molecular weight excluding hydrogens is 330 g/mol. The molecule has 142 valence electrons. The standard InChI is InChI=1S/C19H29N5O2/c25-12-15-3-1-2-8-23(15)10-7-20-18-16-6-9-24(19(26)14-4-5-14)11-17(16)21-13-22-18/h13-15,25H,1-12H2,(H,20,21,22). The van der Waals surface area contributed by atoms with Crippen LogP contribution in [0.2, 0.25) is 0 Å². The number of nitrogens with one attached hydrogen (secondary N) is 1. The van der Waals surface area contributed by atoms with E-state index in [0.29, 0.717) is 18.5 Å². The number of amides is 1. The summed E-state index contributed by atoms with van der Waals surface area (Å²) in [4.78, 5) is 25.5. The number of piperidine rings is 1. The third kappa shape index (κ3) is 3.83. The van der Waals surface area contributed by atoms with Gasteiger partial charge in [0.05, 0.1) is 18.8 Å². The Hall–Kier alpha value is -1.73. The van der Waals surface area contributed by atoms with Crippen LogP contribution in [0.1, 0.15) is 43.4 Å². The van der Waals surface area contributed by atoms with Crippen molar-refractivity contribution in [3.05, 3.63) is 17.6 Å². The fraction of sp³-hybridized carbons (Fsp3) is 0.737. The van der Waals surface area contributed by atoms with Gasteiger partial charge in [-0.1, -0.05) is 6.42 Å². The number of nitrogens with zero attached hydrogens (tertiary/aromatic N) is 4. The van der Waals surface area contributed by atoms with E-state index in [4.69, 9.17) is 0 Å². The lowest BCUT2D eigenvalue weighted by atomic mass is 10.0. The Morgan fingerprint density at radius 2 is 2.12 bits per heavy atom. The minimum absolute atomic E-state index is 0.244. The average molecular weight is 359 g/mol. The largest absolute Gasteiger partial charge is 0.395 e. The molecule has 26 heavy (non-hydrogen) atoms. The molecule has 1 saturated carbocycles. The summed E-state index contributed by atoms with van der Waals surface area (Å²) in [6.45, 7) is 4.41. The highest BCUT2D eigenvalue weighted by molar-refractivity contribution is 5.81. The number of likely N-dealkylation sites (tertiary alicyclic amines) is 1. The van der Waals surface area contributed by atoms with Crippen LogP contribution in [0.15, 0.2) is 6.33 Å². The number of aromatic nitrogens is 2. The molecule has 0 radical (unpaired) electrons. The van der Waals surface area contributed by atoms with Gasteiger partial charge in [0.1, 0.15) is 12.1 Å². The molecule has 3 heterocycles. The molecule has 1 saturated heterocycles. The van der Waals surface area contributed by atoms with Crippen molar-refractivity contribution >= 4 is 11.7 Å². The summed E-state index contributed by atoms with van der Waals surface area (Å²) in [6, 6.07) is 0.298. The van der Waals surface area contributed by atoms with Crippen LogP contribution in [0.4, 0.5) is 5.82 Å².